The van der Waals surface area contributed by atoms with Crippen molar-refractivity contribution in [2.75, 3.05) is 5.32 Å². The zero-order valence-corrected chi connectivity index (χ0v) is 18.1. The number of hydrogen-bond acceptors (Lipinski definition) is 3. The van der Waals surface area contributed by atoms with Crippen molar-refractivity contribution in [3.05, 3.63) is 82.3 Å². The van der Waals surface area contributed by atoms with E-state index in [9.17, 15) is 4.79 Å². The average Bonchev–Trinajstić information content (AvgIpc) is 3.06. The second kappa shape index (κ2) is 7.75. The van der Waals surface area contributed by atoms with Gasteiger partial charge in [0.2, 0.25) is 0 Å². The number of benzene rings is 2. The van der Waals surface area contributed by atoms with Crippen LogP contribution >= 0.6 is 0 Å². The second-order valence-electron chi connectivity index (χ2n) is 7.74. The highest BCUT2D eigenvalue weighted by atomic mass is 16.1. The van der Waals surface area contributed by atoms with Crippen molar-refractivity contribution in [1.29, 1.82) is 0 Å². The number of aromatic nitrogens is 3. The van der Waals surface area contributed by atoms with Gasteiger partial charge in [0.05, 0.1) is 17.0 Å². The molecule has 0 bridgehead atoms. The number of amides is 1. The number of nitrogens with zero attached hydrogens (tertiary/aromatic N) is 3. The highest BCUT2D eigenvalue weighted by molar-refractivity contribution is 6.06. The van der Waals surface area contributed by atoms with Crippen LogP contribution in [0.1, 0.15) is 45.4 Å². The minimum atomic E-state index is -0.170. The Morgan fingerprint density at radius 2 is 1.83 bits per heavy atom. The molecule has 0 radical (unpaired) electrons. The molecule has 0 aliphatic carbocycles. The number of aryl methyl sites for hydroxylation is 5. The Kier molecular flexibility index (Phi) is 5.12. The van der Waals surface area contributed by atoms with Gasteiger partial charge in [0.1, 0.15) is 0 Å². The van der Waals surface area contributed by atoms with Crippen LogP contribution in [0.3, 0.4) is 0 Å². The third-order valence-electron chi connectivity index (χ3n) is 5.59. The largest absolute Gasteiger partial charge is 0.321 e. The van der Waals surface area contributed by atoms with Crippen LogP contribution in [0.15, 0.2) is 48.7 Å². The van der Waals surface area contributed by atoms with E-state index in [1.807, 2.05) is 45.0 Å². The maximum Gasteiger partial charge on any atom is 0.259 e. The van der Waals surface area contributed by atoms with E-state index in [0.717, 1.165) is 51.4 Å². The first-order chi connectivity index (χ1) is 14.4. The predicted molar refractivity (Wildman–Crippen MR) is 121 cm³/mol. The third-order valence-corrected chi connectivity index (χ3v) is 5.59. The predicted octanol–water partition coefficient (Wildman–Crippen LogP) is 5.44. The summed E-state index contributed by atoms with van der Waals surface area (Å²) >= 11 is 0. The lowest BCUT2D eigenvalue weighted by Crippen LogP contribution is -2.17. The SMILES string of the molecule is CCc1cccc(C)c1NC(=O)c1cnc2c(-c3cccc(C)c3)c(C)nn2c1C. The Morgan fingerprint density at radius 1 is 1.07 bits per heavy atom. The van der Waals surface area contributed by atoms with Gasteiger partial charge >= 0.3 is 0 Å². The van der Waals surface area contributed by atoms with Crippen molar-refractivity contribution in [1.82, 2.24) is 14.6 Å². The van der Waals surface area contributed by atoms with Crippen molar-refractivity contribution in [3.63, 3.8) is 0 Å². The molecule has 5 heteroatoms. The van der Waals surface area contributed by atoms with Crippen LogP contribution in [-0.2, 0) is 6.42 Å². The third kappa shape index (κ3) is 3.36. The minimum Gasteiger partial charge on any atom is -0.321 e. The van der Waals surface area contributed by atoms with E-state index in [1.165, 1.54) is 5.56 Å². The maximum absolute atomic E-state index is 13.1. The summed E-state index contributed by atoms with van der Waals surface area (Å²) in [6.07, 6.45) is 2.51. The fourth-order valence-corrected chi connectivity index (χ4v) is 3.95. The average molecular weight is 399 g/mol. The lowest BCUT2D eigenvalue weighted by atomic mass is 10.0. The molecule has 2 heterocycles. The zero-order chi connectivity index (χ0) is 21.4. The highest BCUT2D eigenvalue weighted by Gasteiger charge is 2.19. The van der Waals surface area contributed by atoms with Gasteiger partial charge in [-0.05, 0) is 50.8 Å². The number of rotatable bonds is 4. The van der Waals surface area contributed by atoms with E-state index >= 15 is 0 Å². The van der Waals surface area contributed by atoms with Crippen LogP contribution in [0.5, 0.6) is 0 Å². The molecule has 4 rings (SSSR count). The van der Waals surface area contributed by atoms with Crippen molar-refractivity contribution in [2.45, 2.75) is 41.0 Å². The van der Waals surface area contributed by atoms with Gasteiger partial charge in [-0.15, -0.1) is 0 Å². The smallest absolute Gasteiger partial charge is 0.259 e. The number of carbonyl (C=O) groups is 1. The maximum atomic E-state index is 13.1. The van der Waals surface area contributed by atoms with Gasteiger partial charge in [-0.2, -0.15) is 5.10 Å². The standard InChI is InChI=1S/C25H26N4O/c1-6-19-11-8-10-16(3)23(19)27-25(30)21-14-26-24-22(17(4)28-29(24)18(21)5)20-12-7-9-15(2)13-20/h7-14H,6H2,1-5H3,(H,27,30). The van der Waals surface area contributed by atoms with Crippen molar-refractivity contribution in [3.8, 4) is 11.1 Å². The number of nitrogens with one attached hydrogen (secondary N) is 1. The fourth-order valence-electron chi connectivity index (χ4n) is 3.95. The molecule has 0 aliphatic rings. The Morgan fingerprint density at radius 3 is 2.57 bits per heavy atom. The van der Waals surface area contributed by atoms with Gasteiger partial charge in [-0.1, -0.05) is 55.0 Å². The van der Waals surface area contributed by atoms with Crippen LogP contribution in [0, 0.1) is 27.7 Å². The molecular weight excluding hydrogens is 372 g/mol. The van der Waals surface area contributed by atoms with Gasteiger partial charge in [0, 0.05) is 17.4 Å². The molecule has 0 aliphatic heterocycles. The molecule has 30 heavy (non-hydrogen) atoms. The van der Waals surface area contributed by atoms with E-state index in [1.54, 1.807) is 10.7 Å². The highest BCUT2D eigenvalue weighted by Crippen LogP contribution is 2.29. The normalized spacial score (nSPS) is 11.1. The molecule has 2 aromatic heterocycles. The molecule has 0 fully saturated rings. The lowest BCUT2D eigenvalue weighted by Gasteiger charge is -2.14. The number of anilines is 1. The Hall–Kier alpha value is -3.47. The Bertz CT molecular complexity index is 1270. The summed E-state index contributed by atoms with van der Waals surface area (Å²) in [6, 6.07) is 14.4. The Balaban J connectivity index is 1.77. The first-order valence-corrected chi connectivity index (χ1v) is 10.2. The molecule has 0 atom stereocenters. The van der Waals surface area contributed by atoms with Crippen LogP contribution in [-0.4, -0.2) is 20.5 Å². The van der Waals surface area contributed by atoms with Crippen LogP contribution in [0.2, 0.25) is 0 Å². The number of carbonyl (C=O) groups excluding carboxylic acids is 1. The van der Waals surface area contributed by atoms with E-state index in [2.05, 4.69) is 42.3 Å². The Labute approximate surface area is 176 Å². The van der Waals surface area contributed by atoms with Crippen LogP contribution in [0.4, 0.5) is 5.69 Å². The molecule has 1 amide bonds. The summed E-state index contributed by atoms with van der Waals surface area (Å²) in [5.74, 6) is -0.170. The molecular formula is C25H26N4O. The molecule has 0 unspecified atom stereocenters. The summed E-state index contributed by atoms with van der Waals surface area (Å²) in [5.41, 5.74) is 9.25. The first kappa shape index (κ1) is 19.8. The number of hydrogen-bond donors (Lipinski definition) is 1. The van der Waals surface area contributed by atoms with Crippen molar-refractivity contribution in [2.24, 2.45) is 0 Å². The van der Waals surface area contributed by atoms with Crippen molar-refractivity contribution < 1.29 is 4.79 Å². The zero-order valence-electron chi connectivity index (χ0n) is 18.1. The second-order valence-corrected chi connectivity index (χ2v) is 7.74. The van der Waals surface area contributed by atoms with E-state index in [4.69, 9.17) is 5.10 Å². The van der Waals surface area contributed by atoms with Crippen LogP contribution in [0.25, 0.3) is 16.8 Å². The molecule has 0 saturated carbocycles. The van der Waals surface area contributed by atoms with Gasteiger partial charge < -0.3 is 5.32 Å². The quantitative estimate of drug-likeness (QED) is 0.498. The summed E-state index contributed by atoms with van der Waals surface area (Å²) in [6.45, 7) is 10.1. The molecule has 4 aromatic rings. The lowest BCUT2D eigenvalue weighted by molar-refractivity contribution is 0.102. The van der Waals surface area contributed by atoms with Gasteiger partial charge in [0.15, 0.2) is 5.65 Å². The van der Waals surface area contributed by atoms with E-state index < -0.39 is 0 Å². The monoisotopic (exact) mass is 398 g/mol. The van der Waals surface area contributed by atoms with Gasteiger partial charge in [0.25, 0.3) is 5.91 Å². The molecule has 1 N–H and O–H groups in total. The van der Waals surface area contributed by atoms with E-state index in [0.29, 0.717) is 5.56 Å². The molecule has 0 saturated heterocycles. The van der Waals surface area contributed by atoms with Crippen LogP contribution < -0.4 is 5.32 Å². The summed E-state index contributed by atoms with van der Waals surface area (Å²) in [7, 11) is 0. The summed E-state index contributed by atoms with van der Waals surface area (Å²) in [5, 5.41) is 7.79. The van der Waals surface area contributed by atoms with Crippen molar-refractivity contribution >= 4 is 17.2 Å². The molecule has 152 valence electrons. The van der Waals surface area contributed by atoms with Gasteiger partial charge in [-0.25, -0.2) is 9.50 Å². The molecule has 5 nitrogen and oxygen atoms in total. The first-order valence-electron chi connectivity index (χ1n) is 10.2. The fraction of sp³-hybridized carbons (Fsp3) is 0.240. The minimum absolute atomic E-state index is 0.170. The summed E-state index contributed by atoms with van der Waals surface area (Å²) in [4.78, 5) is 17.7. The molecule has 0 spiro atoms. The number of para-hydroxylation sites is 1. The molecule has 2 aromatic carbocycles. The van der Waals surface area contributed by atoms with E-state index in [-0.39, 0.29) is 5.91 Å². The number of fused-ring (bicyclic) bond motifs is 1. The van der Waals surface area contributed by atoms with Gasteiger partial charge in [-0.3, -0.25) is 4.79 Å². The topological polar surface area (TPSA) is 59.3 Å². The summed E-state index contributed by atoms with van der Waals surface area (Å²) < 4.78 is 1.78.